The third-order valence-corrected chi connectivity index (χ3v) is 1.94. The molecule has 0 atom stereocenters. The highest BCUT2D eigenvalue weighted by molar-refractivity contribution is 5.80. The average molecular weight is 230 g/mol. The zero-order chi connectivity index (χ0) is 13.6. The predicted molar refractivity (Wildman–Crippen MR) is 66.2 cm³/mol. The molecule has 0 radical (unpaired) electrons. The maximum absolute atomic E-state index is 10.8. The molecule has 3 nitrogen and oxygen atoms in total. The number of hydrogen-bond acceptors (Lipinski definition) is 3. The number of Topliss-reactive ketones (excluding diaryl/α,β-unsaturated/α-hetero) is 1. The van der Waals surface area contributed by atoms with Crippen LogP contribution in [0.15, 0.2) is 0 Å². The fourth-order valence-corrected chi connectivity index (χ4v) is 0.348. The van der Waals surface area contributed by atoms with Crippen LogP contribution in [0.3, 0.4) is 0 Å². The van der Waals surface area contributed by atoms with E-state index in [1.165, 1.54) is 0 Å². The van der Waals surface area contributed by atoms with Gasteiger partial charge in [0.1, 0.15) is 5.78 Å². The van der Waals surface area contributed by atoms with Crippen molar-refractivity contribution in [2.45, 2.75) is 55.4 Å². The van der Waals surface area contributed by atoms with Gasteiger partial charge >= 0.3 is 5.97 Å². The van der Waals surface area contributed by atoms with Gasteiger partial charge in [0.05, 0.1) is 12.0 Å². The smallest absolute Gasteiger partial charge is 0.311 e. The molecule has 0 N–H and O–H groups in total. The van der Waals surface area contributed by atoms with E-state index in [-0.39, 0.29) is 22.6 Å². The number of ketones is 1. The van der Waals surface area contributed by atoms with Crippen LogP contribution in [0.1, 0.15) is 55.4 Å². The minimum Gasteiger partial charge on any atom is -0.466 e. The van der Waals surface area contributed by atoms with Crippen LogP contribution >= 0.6 is 0 Å². The van der Waals surface area contributed by atoms with E-state index in [1.54, 1.807) is 6.92 Å². The minimum atomic E-state index is -0.351. The van der Waals surface area contributed by atoms with Crippen molar-refractivity contribution in [3.63, 3.8) is 0 Å². The lowest BCUT2D eigenvalue weighted by molar-refractivity contribution is -0.152. The summed E-state index contributed by atoms with van der Waals surface area (Å²) in [6.07, 6.45) is 0. The summed E-state index contributed by atoms with van der Waals surface area (Å²) < 4.78 is 4.77. The molecule has 0 unspecified atom stereocenters. The van der Waals surface area contributed by atoms with Crippen molar-refractivity contribution in [1.82, 2.24) is 0 Å². The first kappa shape index (κ1) is 17.5. The molecule has 0 saturated carbocycles. The topological polar surface area (TPSA) is 43.4 Å². The van der Waals surface area contributed by atoms with E-state index in [0.29, 0.717) is 6.61 Å². The Hall–Kier alpha value is -0.860. The van der Waals surface area contributed by atoms with Gasteiger partial charge in [0.25, 0.3) is 0 Å². The molecule has 0 aromatic carbocycles. The highest BCUT2D eigenvalue weighted by Gasteiger charge is 2.21. The maximum Gasteiger partial charge on any atom is 0.311 e. The minimum absolute atomic E-state index is 0.134. The van der Waals surface area contributed by atoms with Crippen LogP contribution in [-0.2, 0) is 14.3 Å². The normalized spacial score (nSPS) is 11.2. The number of ether oxygens (including phenoxy) is 1. The zero-order valence-electron chi connectivity index (χ0n) is 11.9. The lowest BCUT2D eigenvalue weighted by atomic mass is 9.92. The quantitative estimate of drug-likeness (QED) is 0.650. The maximum atomic E-state index is 10.8. The van der Waals surface area contributed by atoms with E-state index >= 15 is 0 Å². The molecule has 16 heavy (non-hydrogen) atoms. The summed E-state index contributed by atoms with van der Waals surface area (Å²) in [6.45, 7) is 15.1. The molecule has 0 heterocycles. The fraction of sp³-hybridized carbons (Fsp3) is 0.846. The molecule has 0 aliphatic carbocycles. The largest absolute Gasteiger partial charge is 0.466 e. The van der Waals surface area contributed by atoms with Gasteiger partial charge in [0, 0.05) is 5.41 Å². The summed E-state index contributed by atoms with van der Waals surface area (Å²) in [5, 5.41) is 0. The van der Waals surface area contributed by atoms with Gasteiger partial charge < -0.3 is 4.74 Å². The van der Waals surface area contributed by atoms with Gasteiger partial charge in [-0.2, -0.15) is 0 Å². The molecule has 0 bridgehead atoms. The summed E-state index contributed by atoms with van der Waals surface area (Å²) in [7, 11) is 0. The molecule has 0 rings (SSSR count). The first-order valence-corrected chi connectivity index (χ1v) is 5.61. The van der Waals surface area contributed by atoms with Gasteiger partial charge in [-0.3, -0.25) is 9.59 Å². The van der Waals surface area contributed by atoms with Crippen molar-refractivity contribution in [1.29, 1.82) is 0 Å². The third-order valence-electron chi connectivity index (χ3n) is 1.94. The summed E-state index contributed by atoms with van der Waals surface area (Å²) in [6, 6.07) is 0. The first-order chi connectivity index (χ1) is 6.92. The Kier molecular flexibility index (Phi) is 7.30. The van der Waals surface area contributed by atoms with Crippen LogP contribution in [-0.4, -0.2) is 18.4 Å². The van der Waals surface area contributed by atoms with Crippen molar-refractivity contribution in [2.24, 2.45) is 10.8 Å². The molecular formula is C13H26O3. The number of carbonyl (C=O) groups excluding carboxylic acids is 2. The third kappa shape index (κ3) is 9.69. The lowest BCUT2D eigenvalue weighted by Gasteiger charge is -2.14. The molecule has 0 aromatic heterocycles. The first-order valence-electron chi connectivity index (χ1n) is 5.61. The number of hydrogen-bond donors (Lipinski definition) is 0. The highest BCUT2D eigenvalue weighted by atomic mass is 16.5. The molecule has 3 heteroatoms. The Bertz CT molecular complexity index is 229. The van der Waals surface area contributed by atoms with Crippen LogP contribution in [0.4, 0.5) is 0 Å². The van der Waals surface area contributed by atoms with E-state index in [9.17, 15) is 9.59 Å². The summed E-state index contributed by atoms with van der Waals surface area (Å²) in [5.74, 6) is 0.109. The molecule has 96 valence electrons. The van der Waals surface area contributed by atoms with E-state index < -0.39 is 0 Å². The van der Waals surface area contributed by atoms with E-state index in [2.05, 4.69) is 0 Å². The zero-order valence-corrected chi connectivity index (χ0v) is 11.9. The summed E-state index contributed by atoms with van der Waals surface area (Å²) in [4.78, 5) is 21.3. The van der Waals surface area contributed by atoms with Gasteiger partial charge in [0.15, 0.2) is 0 Å². The second-order valence-corrected chi connectivity index (χ2v) is 5.78. The van der Waals surface area contributed by atoms with Crippen molar-refractivity contribution in [3.05, 3.63) is 0 Å². The molecule has 0 fully saturated rings. The van der Waals surface area contributed by atoms with E-state index in [1.807, 2.05) is 48.5 Å². The Morgan fingerprint density at radius 2 is 1.25 bits per heavy atom. The van der Waals surface area contributed by atoms with Crippen molar-refractivity contribution < 1.29 is 14.3 Å². The molecular weight excluding hydrogens is 204 g/mol. The molecule has 0 amide bonds. The van der Waals surface area contributed by atoms with Crippen molar-refractivity contribution in [3.8, 4) is 0 Å². The molecule has 0 saturated heterocycles. The van der Waals surface area contributed by atoms with Gasteiger partial charge in [-0.15, -0.1) is 0 Å². The highest BCUT2D eigenvalue weighted by Crippen LogP contribution is 2.14. The van der Waals surface area contributed by atoms with Crippen molar-refractivity contribution in [2.75, 3.05) is 6.61 Å². The number of esters is 1. The van der Waals surface area contributed by atoms with E-state index in [0.717, 1.165) is 0 Å². The summed E-state index contributed by atoms with van der Waals surface area (Å²) in [5.41, 5.74) is -0.490. The Morgan fingerprint density at radius 1 is 0.938 bits per heavy atom. The Labute approximate surface area is 99.6 Å². The van der Waals surface area contributed by atoms with Crippen LogP contribution in [0.25, 0.3) is 0 Å². The van der Waals surface area contributed by atoms with Crippen LogP contribution in [0, 0.1) is 10.8 Å². The molecule has 0 aliphatic rings. The molecule has 0 aliphatic heterocycles. The Balaban J connectivity index is 0. The monoisotopic (exact) mass is 230 g/mol. The van der Waals surface area contributed by atoms with Crippen molar-refractivity contribution >= 4 is 11.8 Å². The average Bonchev–Trinajstić information content (AvgIpc) is 2.02. The van der Waals surface area contributed by atoms with E-state index in [4.69, 9.17) is 4.74 Å². The second-order valence-electron chi connectivity index (χ2n) is 5.78. The van der Waals surface area contributed by atoms with Gasteiger partial charge in [-0.05, 0) is 34.6 Å². The SMILES string of the molecule is CC(=O)C(C)(C)C.CCOC(=O)C(C)(C)C. The second kappa shape index (κ2) is 6.66. The Morgan fingerprint density at radius 3 is 1.31 bits per heavy atom. The number of carbonyl (C=O) groups is 2. The number of rotatable bonds is 1. The van der Waals surface area contributed by atoms with Gasteiger partial charge in [-0.25, -0.2) is 0 Å². The fourth-order valence-electron chi connectivity index (χ4n) is 0.348. The van der Waals surface area contributed by atoms with Crippen LogP contribution in [0.5, 0.6) is 0 Å². The standard InChI is InChI=1S/C7H14O2.C6H12O/c1-5-9-6(8)7(2,3)4;1-5(7)6(2,3)4/h5H2,1-4H3;1-4H3. The molecule has 0 aromatic rings. The summed E-state index contributed by atoms with van der Waals surface area (Å²) >= 11 is 0. The van der Waals surface area contributed by atoms with Gasteiger partial charge in [0.2, 0.25) is 0 Å². The lowest BCUT2D eigenvalue weighted by Crippen LogP contribution is -2.22. The molecule has 0 spiro atoms. The van der Waals surface area contributed by atoms with Crippen LogP contribution < -0.4 is 0 Å². The predicted octanol–water partition coefficient (Wildman–Crippen LogP) is 3.22. The van der Waals surface area contributed by atoms with Crippen LogP contribution in [0.2, 0.25) is 0 Å². The van der Waals surface area contributed by atoms with Gasteiger partial charge in [-0.1, -0.05) is 20.8 Å².